The van der Waals surface area contributed by atoms with E-state index in [2.05, 4.69) is 0 Å². The van der Waals surface area contributed by atoms with Gasteiger partial charge in [-0.2, -0.15) is 0 Å². The Labute approximate surface area is 201 Å². The molecule has 194 valence electrons. The Kier molecular flexibility index (Phi) is 12.9. The van der Waals surface area contributed by atoms with Crippen LogP contribution in [0.2, 0.25) is 0 Å². The second-order valence-corrected chi connectivity index (χ2v) is 8.02. The van der Waals surface area contributed by atoms with Crippen molar-refractivity contribution >= 4 is 29.8 Å². The SMILES string of the molecule is O=C(O)CN(CCCN(CC(=O)O)CC(Cc1ccccc1)N(CC(=O)O)CC(=O)O)CC(=O)O. The molecule has 0 aliphatic rings. The van der Waals surface area contributed by atoms with E-state index in [0.717, 1.165) is 5.56 Å². The van der Waals surface area contributed by atoms with Crippen LogP contribution in [0.5, 0.6) is 0 Å². The number of rotatable bonds is 19. The quantitative estimate of drug-likeness (QED) is 0.161. The van der Waals surface area contributed by atoms with Crippen molar-refractivity contribution in [2.75, 3.05) is 52.4 Å². The predicted molar refractivity (Wildman–Crippen MR) is 121 cm³/mol. The highest BCUT2D eigenvalue weighted by molar-refractivity contribution is 5.73. The van der Waals surface area contributed by atoms with Gasteiger partial charge < -0.3 is 25.5 Å². The number of nitrogens with zero attached hydrogens (tertiary/aromatic N) is 3. The van der Waals surface area contributed by atoms with E-state index in [1.54, 1.807) is 30.3 Å². The molecule has 0 saturated carbocycles. The largest absolute Gasteiger partial charge is 0.480 e. The van der Waals surface area contributed by atoms with Gasteiger partial charge in [-0.3, -0.25) is 38.7 Å². The van der Waals surface area contributed by atoms with Crippen molar-refractivity contribution in [3.63, 3.8) is 0 Å². The van der Waals surface area contributed by atoms with Crippen LogP contribution in [-0.4, -0.2) is 128 Å². The topological polar surface area (TPSA) is 196 Å². The lowest BCUT2D eigenvalue weighted by Crippen LogP contribution is -2.50. The van der Waals surface area contributed by atoms with Crippen molar-refractivity contribution < 1.29 is 49.5 Å². The number of benzene rings is 1. The molecule has 1 aromatic carbocycles. The fraction of sp³-hybridized carbons (Fsp3) is 0.500. The van der Waals surface area contributed by atoms with E-state index in [4.69, 9.17) is 10.2 Å². The molecule has 0 amide bonds. The smallest absolute Gasteiger partial charge is 0.317 e. The summed E-state index contributed by atoms with van der Waals surface area (Å²) in [5.74, 6) is -6.01. The van der Waals surface area contributed by atoms with Crippen LogP contribution in [-0.2, 0) is 30.4 Å². The molecule has 0 aromatic heterocycles. The van der Waals surface area contributed by atoms with Crippen molar-refractivity contribution in [1.29, 1.82) is 0 Å². The zero-order valence-corrected chi connectivity index (χ0v) is 19.2. The van der Waals surface area contributed by atoms with E-state index in [9.17, 15) is 39.3 Å². The minimum absolute atomic E-state index is 0.0274. The summed E-state index contributed by atoms with van der Waals surface area (Å²) in [5.41, 5.74) is 0.808. The summed E-state index contributed by atoms with van der Waals surface area (Å²) in [5, 5.41) is 45.9. The molecule has 5 N–H and O–H groups in total. The van der Waals surface area contributed by atoms with Gasteiger partial charge in [0.25, 0.3) is 0 Å². The van der Waals surface area contributed by atoms with Crippen LogP contribution >= 0.6 is 0 Å². The Morgan fingerprint density at radius 2 is 1.06 bits per heavy atom. The van der Waals surface area contributed by atoms with Gasteiger partial charge >= 0.3 is 29.8 Å². The van der Waals surface area contributed by atoms with Gasteiger partial charge in [-0.25, -0.2) is 0 Å². The Morgan fingerprint density at radius 1 is 0.629 bits per heavy atom. The first-order chi connectivity index (χ1) is 16.5. The zero-order valence-electron chi connectivity index (χ0n) is 19.2. The molecule has 0 aliphatic heterocycles. The van der Waals surface area contributed by atoms with Crippen LogP contribution in [0.3, 0.4) is 0 Å². The molecule has 13 nitrogen and oxygen atoms in total. The number of hydrogen-bond acceptors (Lipinski definition) is 8. The summed E-state index contributed by atoms with van der Waals surface area (Å²) in [6.07, 6.45) is 0.505. The van der Waals surface area contributed by atoms with Gasteiger partial charge in [0.2, 0.25) is 0 Å². The van der Waals surface area contributed by atoms with Crippen molar-refractivity contribution in [2.45, 2.75) is 18.9 Å². The van der Waals surface area contributed by atoms with Gasteiger partial charge in [-0.15, -0.1) is 0 Å². The molecule has 1 rings (SSSR count). The lowest BCUT2D eigenvalue weighted by molar-refractivity contribution is -0.145. The zero-order chi connectivity index (χ0) is 26.4. The molecule has 1 atom stereocenters. The van der Waals surface area contributed by atoms with Gasteiger partial charge in [0.15, 0.2) is 0 Å². The van der Waals surface area contributed by atoms with Crippen molar-refractivity contribution in [3.8, 4) is 0 Å². The van der Waals surface area contributed by atoms with Crippen molar-refractivity contribution in [2.24, 2.45) is 0 Å². The minimum atomic E-state index is -1.23. The molecular weight excluding hydrogens is 466 g/mol. The van der Waals surface area contributed by atoms with E-state index >= 15 is 0 Å². The fourth-order valence-corrected chi connectivity index (χ4v) is 3.70. The normalized spacial score (nSPS) is 12.1. The summed E-state index contributed by atoms with van der Waals surface area (Å²) in [7, 11) is 0. The molecule has 0 spiro atoms. The molecule has 13 heteroatoms. The lowest BCUT2D eigenvalue weighted by atomic mass is 10.0. The molecule has 0 heterocycles. The van der Waals surface area contributed by atoms with Crippen molar-refractivity contribution in [3.05, 3.63) is 35.9 Å². The highest BCUT2D eigenvalue weighted by Gasteiger charge is 2.26. The molecule has 1 aromatic rings. The van der Waals surface area contributed by atoms with E-state index in [-0.39, 0.29) is 32.5 Å². The predicted octanol–water partition coefficient (Wildman–Crippen LogP) is -0.683. The monoisotopic (exact) mass is 497 g/mol. The van der Waals surface area contributed by atoms with E-state index in [1.165, 1.54) is 14.7 Å². The molecule has 0 fully saturated rings. The first kappa shape index (κ1) is 29.5. The molecule has 35 heavy (non-hydrogen) atoms. The summed E-state index contributed by atoms with van der Waals surface area (Å²) in [6.45, 7) is -2.28. The second kappa shape index (κ2) is 15.4. The minimum Gasteiger partial charge on any atom is -0.480 e. The van der Waals surface area contributed by atoms with Gasteiger partial charge in [0, 0.05) is 25.7 Å². The van der Waals surface area contributed by atoms with Crippen LogP contribution in [0.1, 0.15) is 12.0 Å². The first-order valence-corrected chi connectivity index (χ1v) is 10.8. The van der Waals surface area contributed by atoms with E-state index in [0.29, 0.717) is 0 Å². The summed E-state index contributed by atoms with van der Waals surface area (Å²) >= 11 is 0. The molecular formula is C22H31N3O10. The lowest BCUT2D eigenvalue weighted by Gasteiger charge is -2.34. The van der Waals surface area contributed by atoms with Gasteiger partial charge in [-0.05, 0) is 18.4 Å². The van der Waals surface area contributed by atoms with Gasteiger partial charge in [-0.1, -0.05) is 30.3 Å². The molecule has 0 saturated heterocycles. The Morgan fingerprint density at radius 3 is 1.51 bits per heavy atom. The average Bonchev–Trinajstić information content (AvgIpc) is 2.71. The number of aliphatic carboxylic acids is 5. The number of carbonyl (C=O) groups is 5. The molecule has 0 bridgehead atoms. The Balaban J connectivity index is 3.04. The van der Waals surface area contributed by atoms with Crippen LogP contribution in [0, 0.1) is 0 Å². The maximum Gasteiger partial charge on any atom is 0.317 e. The highest BCUT2D eigenvalue weighted by atomic mass is 16.4. The Hall–Kier alpha value is -3.55. The molecule has 1 unspecified atom stereocenters. The van der Waals surface area contributed by atoms with E-state index in [1.807, 2.05) is 0 Å². The van der Waals surface area contributed by atoms with Gasteiger partial charge in [0.1, 0.15) is 0 Å². The standard InChI is InChI=1S/C22H31N3O10/c26-18(27)11-23(7-4-8-24(12-19(28)29)13-20(30)31)10-17(9-16-5-2-1-3-6-16)25(14-21(32)33)15-22(34)35/h1-3,5-6,17H,4,7-15H2,(H,26,27)(H,28,29)(H,30,31)(H,32,33)(H,34,35). The molecule has 0 radical (unpaired) electrons. The van der Waals surface area contributed by atoms with Crippen LogP contribution < -0.4 is 0 Å². The maximum atomic E-state index is 11.5. The third kappa shape index (κ3) is 13.7. The number of carboxylic acid groups (broad SMARTS) is 5. The fourth-order valence-electron chi connectivity index (χ4n) is 3.70. The van der Waals surface area contributed by atoms with Crippen LogP contribution in [0.15, 0.2) is 30.3 Å². The summed E-state index contributed by atoms with van der Waals surface area (Å²) in [6, 6.07) is 8.28. The van der Waals surface area contributed by atoms with Crippen LogP contribution in [0.25, 0.3) is 0 Å². The van der Waals surface area contributed by atoms with Crippen LogP contribution in [0.4, 0.5) is 0 Å². The highest BCUT2D eigenvalue weighted by Crippen LogP contribution is 2.12. The third-order valence-electron chi connectivity index (χ3n) is 5.00. The molecule has 0 aliphatic carbocycles. The second-order valence-electron chi connectivity index (χ2n) is 8.02. The average molecular weight is 498 g/mol. The first-order valence-electron chi connectivity index (χ1n) is 10.8. The van der Waals surface area contributed by atoms with Crippen molar-refractivity contribution in [1.82, 2.24) is 14.7 Å². The number of carboxylic acids is 5. The number of hydrogen-bond donors (Lipinski definition) is 5. The Bertz CT molecular complexity index is 832. The summed E-state index contributed by atoms with van der Waals surface area (Å²) < 4.78 is 0. The third-order valence-corrected chi connectivity index (χ3v) is 5.00. The summed E-state index contributed by atoms with van der Waals surface area (Å²) in [4.78, 5) is 60.2. The van der Waals surface area contributed by atoms with Gasteiger partial charge in [0.05, 0.1) is 32.7 Å². The maximum absolute atomic E-state index is 11.5. The van der Waals surface area contributed by atoms with E-state index < -0.39 is 68.6 Å².